The first-order valence-electron chi connectivity index (χ1n) is 4.65. The Labute approximate surface area is 103 Å². The molecule has 0 unspecified atom stereocenters. The second kappa shape index (κ2) is 6.41. The molecule has 84 valence electrons. The molecule has 0 amide bonds. The number of esters is 1. The third-order valence-electron chi connectivity index (χ3n) is 1.72. The molecule has 0 atom stereocenters. The van der Waals surface area contributed by atoms with Crippen molar-refractivity contribution in [2.24, 2.45) is 0 Å². The second-order valence-corrected chi connectivity index (χ2v) is 4.30. The van der Waals surface area contributed by atoms with Crippen molar-refractivity contribution < 1.29 is 9.53 Å². The summed E-state index contributed by atoms with van der Waals surface area (Å²) in [5.41, 5.74) is 0.433. The number of benzene rings is 1. The average Bonchev–Trinajstić information content (AvgIpc) is 2.27. The van der Waals surface area contributed by atoms with Crippen molar-refractivity contribution in [3.05, 3.63) is 28.8 Å². The lowest BCUT2D eigenvalue weighted by Crippen LogP contribution is -2.06. The molecule has 0 N–H and O–H groups in total. The minimum Gasteiger partial charge on any atom is -0.465 e. The minimum atomic E-state index is -0.256. The molecule has 0 bridgehead atoms. The zero-order valence-electron chi connectivity index (χ0n) is 8.70. The Morgan fingerprint density at radius 2 is 2.38 bits per heavy atom. The van der Waals surface area contributed by atoms with E-state index in [1.807, 2.05) is 6.07 Å². The summed E-state index contributed by atoms with van der Waals surface area (Å²) >= 11 is 7.19. The summed E-state index contributed by atoms with van der Waals surface area (Å²) in [6.07, 6.45) is 0. The van der Waals surface area contributed by atoms with Crippen molar-refractivity contribution in [1.29, 1.82) is 5.26 Å². The summed E-state index contributed by atoms with van der Waals surface area (Å²) in [5.74, 6) is -0.0104. The van der Waals surface area contributed by atoms with Gasteiger partial charge in [-0.15, -0.1) is 11.8 Å². The fraction of sp³-hybridized carbons (Fsp3) is 0.273. The molecule has 1 rings (SSSR count). The molecule has 1 aromatic carbocycles. The van der Waals surface area contributed by atoms with E-state index in [0.717, 1.165) is 4.90 Å². The molecule has 0 heterocycles. The normalized spacial score (nSPS) is 9.56. The Kier molecular flexibility index (Phi) is 5.17. The molecule has 1 aromatic rings. The summed E-state index contributed by atoms with van der Waals surface area (Å²) < 4.78 is 4.79. The van der Waals surface area contributed by atoms with Gasteiger partial charge in [-0.1, -0.05) is 11.6 Å². The Balaban J connectivity index is 2.59. The highest BCUT2D eigenvalue weighted by atomic mass is 35.5. The standard InChI is InChI=1S/C11H10ClNO2S/c1-2-15-11(14)7-16-9-4-3-8(6-13)10(12)5-9/h3-5H,2,7H2,1H3. The molecule has 0 aliphatic rings. The summed E-state index contributed by atoms with van der Waals surface area (Å²) in [6, 6.07) is 7.04. The van der Waals surface area contributed by atoms with Crippen molar-refractivity contribution in [2.75, 3.05) is 12.4 Å². The molecule has 0 fully saturated rings. The maximum Gasteiger partial charge on any atom is 0.316 e. The lowest BCUT2D eigenvalue weighted by atomic mass is 10.2. The summed E-state index contributed by atoms with van der Waals surface area (Å²) in [5, 5.41) is 9.08. The summed E-state index contributed by atoms with van der Waals surface area (Å²) in [4.78, 5) is 11.9. The van der Waals surface area contributed by atoms with Crippen molar-refractivity contribution in [3.63, 3.8) is 0 Å². The molecule has 0 radical (unpaired) electrons. The number of carbonyl (C=O) groups excluding carboxylic acids is 1. The predicted molar refractivity (Wildman–Crippen MR) is 63.5 cm³/mol. The van der Waals surface area contributed by atoms with E-state index < -0.39 is 0 Å². The largest absolute Gasteiger partial charge is 0.465 e. The topological polar surface area (TPSA) is 50.1 Å². The van der Waals surface area contributed by atoms with Crippen LogP contribution in [0.15, 0.2) is 23.1 Å². The Morgan fingerprint density at radius 1 is 1.62 bits per heavy atom. The van der Waals surface area contributed by atoms with E-state index in [2.05, 4.69) is 0 Å². The van der Waals surface area contributed by atoms with Crippen molar-refractivity contribution in [2.45, 2.75) is 11.8 Å². The van der Waals surface area contributed by atoms with Gasteiger partial charge in [0.25, 0.3) is 0 Å². The van der Waals surface area contributed by atoms with E-state index in [-0.39, 0.29) is 11.7 Å². The van der Waals surface area contributed by atoms with Crippen LogP contribution < -0.4 is 0 Å². The monoisotopic (exact) mass is 255 g/mol. The molecule has 5 heteroatoms. The van der Waals surface area contributed by atoms with Gasteiger partial charge in [0.05, 0.1) is 22.9 Å². The van der Waals surface area contributed by atoms with E-state index in [9.17, 15) is 4.79 Å². The molecule has 0 aliphatic heterocycles. The Hall–Kier alpha value is -1.18. The van der Waals surface area contributed by atoms with Crippen molar-refractivity contribution in [3.8, 4) is 6.07 Å². The highest BCUT2D eigenvalue weighted by molar-refractivity contribution is 8.00. The SMILES string of the molecule is CCOC(=O)CSc1ccc(C#N)c(Cl)c1. The molecule has 3 nitrogen and oxygen atoms in total. The van der Waals surface area contributed by atoms with Crippen LogP contribution in [0, 0.1) is 11.3 Å². The lowest BCUT2D eigenvalue weighted by molar-refractivity contribution is -0.139. The van der Waals surface area contributed by atoms with Crippen LogP contribution in [0.4, 0.5) is 0 Å². The van der Waals surface area contributed by atoms with Gasteiger partial charge in [0.15, 0.2) is 0 Å². The highest BCUT2D eigenvalue weighted by Crippen LogP contribution is 2.24. The number of hydrogen-bond acceptors (Lipinski definition) is 4. The fourth-order valence-electron chi connectivity index (χ4n) is 1.02. The van der Waals surface area contributed by atoms with Crippen LogP contribution in [0.1, 0.15) is 12.5 Å². The fourth-order valence-corrected chi connectivity index (χ4v) is 2.04. The number of rotatable bonds is 4. The molecule has 0 saturated heterocycles. The number of nitrogens with zero attached hydrogens (tertiary/aromatic N) is 1. The van der Waals surface area contributed by atoms with E-state index in [0.29, 0.717) is 17.2 Å². The van der Waals surface area contributed by atoms with E-state index in [1.54, 1.807) is 25.1 Å². The van der Waals surface area contributed by atoms with E-state index >= 15 is 0 Å². The van der Waals surface area contributed by atoms with E-state index in [1.165, 1.54) is 11.8 Å². The zero-order valence-corrected chi connectivity index (χ0v) is 10.3. The third kappa shape index (κ3) is 3.76. The first kappa shape index (κ1) is 12.9. The van der Waals surface area contributed by atoms with Crippen molar-refractivity contribution >= 4 is 29.3 Å². The Morgan fingerprint density at radius 3 is 2.94 bits per heavy atom. The second-order valence-electron chi connectivity index (χ2n) is 2.85. The number of thioether (sulfide) groups is 1. The van der Waals surface area contributed by atoms with Gasteiger partial charge in [-0.3, -0.25) is 4.79 Å². The van der Waals surface area contributed by atoms with Crippen LogP contribution in [-0.2, 0) is 9.53 Å². The minimum absolute atomic E-state index is 0.246. The maximum atomic E-state index is 11.1. The number of ether oxygens (including phenoxy) is 1. The molecule has 16 heavy (non-hydrogen) atoms. The van der Waals surface area contributed by atoms with Gasteiger partial charge in [0.2, 0.25) is 0 Å². The van der Waals surface area contributed by atoms with Crippen LogP contribution in [0.5, 0.6) is 0 Å². The summed E-state index contributed by atoms with van der Waals surface area (Å²) in [6.45, 7) is 2.15. The molecule has 0 aliphatic carbocycles. The first-order chi connectivity index (χ1) is 7.67. The van der Waals surface area contributed by atoms with Gasteiger partial charge in [-0.25, -0.2) is 0 Å². The number of hydrogen-bond donors (Lipinski definition) is 0. The van der Waals surface area contributed by atoms with Gasteiger partial charge in [-0.05, 0) is 25.1 Å². The number of halogens is 1. The van der Waals surface area contributed by atoms with Gasteiger partial charge < -0.3 is 4.74 Å². The highest BCUT2D eigenvalue weighted by Gasteiger charge is 2.05. The average molecular weight is 256 g/mol. The van der Waals surface area contributed by atoms with Crippen LogP contribution in [-0.4, -0.2) is 18.3 Å². The lowest BCUT2D eigenvalue weighted by Gasteiger charge is -2.03. The number of nitriles is 1. The van der Waals surface area contributed by atoms with E-state index in [4.69, 9.17) is 21.6 Å². The Bertz CT molecular complexity index is 428. The molecular weight excluding hydrogens is 246 g/mol. The molecule has 0 aromatic heterocycles. The van der Waals surface area contributed by atoms with Crippen molar-refractivity contribution in [1.82, 2.24) is 0 Å². The molecule has 0 spiro atoms. The quantitative estimate of drug-likeness (QED) is 0.613. The molecule has 0 saturated carbocycles. The first-order valence-corrected chi connectivity index (χ1v) is 6.01. The predicted octanol–water partition coefficient (Wildman–Crippen LogP) is 2.87. The van der Waals surface area contributed by atoms with Gasteiger partial charge >= 0.3 is 5.97 Å². The maximum absolute atomic E-state index is 11.1. The van der Waals surface area contributed by atoms with Gasteiger partial charge in [0, 0.05) is 4.90 Å². The summed E-state index contributed by atoms with van der Waals surface area (Å²) in [7, 11) is 0. The number of carbonyl (C=O) groups is 1. The smallest absolute Gasteiger partial charge is 0.316 e. The van der Waals surface area contributed by atoms with Crippen LogP contribution in [0.2, 0.25) is 5.02 Å². The van der Waals surface area contributed by atoms with Gasteiger partial charge in [-0.2, -0.15) is 5.26 Å². The van der Waals surface area contributed by atoms with Crippen LogP contribution in [0.25, 0.3) is 0 Å². The van der Waals surface area contributed by atoms with Crippen LogP contribution in [0.3, 0.4) is 0 Å². The zero-order chi connectivity index (χ0) is 12.0. The molecular formula is C11H10ClNO2S. The third-order valence-corrected chi connectivity index (χ3v) is 3.00. The van der Waals surface area contributed by atoms with Crippen LogP contribution >= 0.6 is 23.4 Å². The van der Waals surface area contributed by atoms with Gasteiger partial charge in [0.1, 0.15) is 6.07 Å².